The molecule has 2 N–H and O–H groups in total. The fourth-order valence-electron chi connectivity index (χ4n) is 3.04. The second-order valence-electron chi connectivity index (χ2n) is 7.50. The number of aromatic nitrogens is 2. The van der Waals surface area contributed by atoms with Crippen molar-refractivity contribution in [1.82, 2.24) is 15.4 Å². The van der Waals surface area contributed by atoms with Crippen molar-refractivity contribution >= 4 is 45.0 Å². The van der Waals surface area contributed by atoms with Gasteiger partial charge in [0.1, 0.15) is 4.83 Å². The number of hydrogen-bond donors (Lipinski definition) is 2. The van der Waals surface area contributed by atoms with E-state index in [0.717, 1.165) is 46.8 Å². The summed E-state index contributed by atoms with van der Waals surface area (Å²) in [6, 6.07) is 0. The van der Waals surface area contributed by atoms with Gasteiger partial charge in [-0.3, -0.25) is 15.6 Å². The first-order chi connectivity index (χ1) is 12.5. The minimum absolute atomic E-state index is 0.0484. The predicted molar refractivity (Wildman–Crippen MR) is 105 cm³/mol. The first-order valence-electron chi connectivity index (χ1n) is 9.12. The SMILES string of the molecule is CCCSc1nc(NNC(=O)C2CC2)c2c3c(sc2n1)COC(C)(C)C3. The Balaban J connectivity index is 1.71. The number of carbonyl (C=O) groups is 1. The van der Waals surface area contributed by atoms with Crippen LogP contribution in [0.2, 0.25) is 0 Å². The van der Waals surface area contributed by atoms with Crippen LogP contribution >= 0.6 is 23.1 Å². The van der Waals surface area contributed by atoms with Gasteiger partial charge in [0.25, 0.3) is 0 Å². The number of rotatable bonds is 6. The molecule has 6 nitrogen and oxygen atoms in total. The number of hydrogen-bond acceptors (Lipinski definition) is 7. The van der Waals surface area contributed by atoms with Gasteiger partial charge in [0.15, 0.2) is 11.0 Å². The van der Waals surface area contributed by atoms with E-state index < -0.39 is 0 Å². The maximum absolute atomic E-state index is 12.1. The number of anilines is 1. The molecule has 0 aromatic carbocycles. The topological polar surface area (TPSA) is 76.1 Å². The Morgan fingerprint density at radius 2 is 2.19 bits per heavy atom. The summed E-state index contributed by atoms with van der Waals surface area (Å²) in [6.07, 6.45) is 3.84. The zero-order valence-corrected chi connectivity index (χ0v) is 17.0. The molecule has 140 valence electrons. The van der Waals surface area contributed by atoms with Crippen molar-refractivity contribution in [3.8, 4) is 0 Å². The molecule has 8 heteroatoms. The molecular formula is C18H24N4O2S2. The van der Waals surface area contributed by atoms with Gasteiger partial charge in [0.2, 0.25) is 5.91 Å². The Hall–Kier alpha value is -1.38. The molecule has 2 aromatic heterocycles. The molecule has 1 fully saturated rings. The monoisotopic (exact) mass is 392 g/mol. The summed E-state index contributed by atoms with van der Waals surface area (Å²) in [6.45, 7) is 6.96. The van der Waals surface area contributed by atoms with Crippen LogP contribution < -0.4 is 10.9 Å². The van der Waals surface area contributed by atoms with Gasteiger partial charge in [-0.1, -0.05) is 18.7 Å². The predicted octanol–water partition coefficient (Wildman–Crippen LogP) is 3.90. The standard InChI is InChI=1S/C18H24N4O2S2/c1-4-7-25-17-19-14(21-22-15(23)10-5-6-10)13-11-8-18(2,3)24-9-12(11)26-16(13)20-17/h10H,4-9H2,1-3H3,(H,22,23)(H,19,20,21). The van der Waals surface area contributed by atoms with Crippen LogP contribution in [-0.2, 0) is 22.6 Å². The average Bonchev–Trinajstić information content (AvgIpc) is 3.39. The van der Waals surface area contributed by atoms with Crippen LogP contribution in [0.15, 0.2) is 5.16 Å². The van der Waals surface area contributed by atoms with E-state index in [9.17, 15) is 4.79 Å². The van der Waals surface area contributed by atoms with Crippen molar-refractivity contribution in [1.29, 1.82) is 0 Å². The molecule has 0 atom stereocenters. The molecule has 0 saturated heterocycles. The van der Waals surface area contributed by atoms with Crippen LogP contribution in [0.1, 0.15) is 50.5 Å². The highest BCUT2D eigenvalue weighted by Gasteiger charge is 2.32. The Morgan fingerprint density at radius 3 is 2.92 bits per heavy atom. The van der Waals surface area contributed by atoms with Gasteiger partial charge in [-0.25, -0.2) is 9.97 Å². The lowest BCUT2D eigenvalue weighted by atomic mass is 9.94. The van der Waals surface area contributed by atoms with Crippen molar-refractivity contribution in [3.05, 3.63) is 10.4 Å². The summed E-state index contributed by atoms with van der Waals surface area (Å²) >= 11 is 3.32. The Kier molecular flexibility index (Phi) is 4.83. The van der Waals surface area contributed by atoms with Gasteiger partial charge in [-0.15, -0.1) is 11.3 Å². The van der Waals surface area contributed by atoms with Gasteiger partial charge < -0.3 is 4.74 Å². The van der Waals surface area contributed by atoms with E-state index in [1.807, 2.05) is 0 Å². The number of hydrazine groups is 1. The van der Waals surface area contributed by atoms with E-state index in [2.05, 4.69) is 31.6 Å². The average molecular weight is 393 g/mol. The molecule has 26 heavy (non-hydrogen) atoms. The third-order valence-corrected chi connectivity index (χ3v) is 6.75. The highest BCUT2D eigenvalue weighted by atomic mass is 32.2. The zero-order valence-electron chi connectivity index (χ0n) is 15.3. The first kappa shape index (κ1) is 18.0. The van der Waals surface area contributed by atoms with Gasteiger partial charge in [-0.2, -0.15) is 0 Å². The largest absolute Gasteiger partial charge is 0.370 e. The molecule has 1 aliphatic carbocycles. The summed E-state index contributed by atoms with van der Waals surface area (Å²) < 4.78 is 5.96. The molecule has 0 bridgehead atoms. The Labute approximate surface area is 161 Å². The summed E-state index contributed by atoms with van der Waals surface area (Å²) in [5, 5.41) is 1.78. The first-order valence-corrected chi connectivity index (χ1v) is 10.9. The number of fused-ring (bicyclic) bond motifs is 3. The Morgan fingerprint density at radius 1 is 1.38 bits per heavy atom. The van der Waals surface area contributed by atoms with Crippen LogP contribution in [0, 0.1) is 5.92 Å². The Bertz CT molecular complexity index is 845. The molecule has 2 aromatic rings. The normalized spacial score (nSPS) is 18.6. The lowest BCUT2D eigenvalue weighted by Crippen LogP contribution is -2.32. The number of carbonyl (C=O) groups excluding carboxylic acids is 1. The quantitative estimate of drug-likeness (QED) is 0.441. The van der Waals surface area contributed by atoms with Gasteiger partial charge in [-0.05, 0) is 38.7 Å². The second-order valence-corrected chi connectivity index (χ2v) is 9.65. The van der Waals surface area contributed by atoms with E-state index >= 15 is 0 Å². The molecule has 1 aliphatic heterocycles. The van der Waals surface area contributed by atoms with Crippen molar-refractivity contribution in [2.24, 2.45) is 5.92 Å². The van der Waals surface area contributed by atoms with Gasteiger partial charge in [0, 0.05) is 23.0 Å². The van der Waals surface area contributed by atoms with Crippen molar-refractivity contribution < 1.29 is 9.53 Å². The number of thiophene rings is 1. The van der Waals surface area contributed by atoms with E-state index in [4.69, 9.17) is 14.7 Å². The third-order valence-electron chi connectivity index (χ3n) is 4.60. The zero-order chi connectivity index (χ0) is 18.3. The number of ether oxygens (including phenoxy) is 1. The minimum atomic E-state index is -0.203. The van der Waals surface area contributed by atoms with Crippen LogP contribution in [0.25, 0.3) is 10.2 Å². The molecule has 4 rings (SSSR count). The molecule has 0 spiro atoms. The van der Waals surface area contributed by atoms with E-state index in [1.54, 1.807) is 23.1 Å². The molecular weight excluding hydrogens is 368 g/mol. The molecule has 1 amide bonds. The van der Waals surface area contributed by atoms with Crippen molar-refractivity contribution in [3.63, 3.8) is 0 Å². The number of amides is 1. The lowest BCUT2D eigenvalue weighted by Gasteiger charge is -2.30. The highest BCUT2D eigenvalue weighted by molar-refractivity contribution is 7.99. The number of nitrogens with one attached hydrogen (secondary N) is 2. The molecule has 0 unspecified atom stereocenters. The number of nitrogens with zero attached hydrogens (tertiary/aromatic N) is 2. The highest BCUT2D eigenvalue weighted by Crippen LogP contribution is 2.41. The van der Waals surface area contributed by atoms with Crippen LogP contribution in [0.5, 0.6) is 0 Å². The molecule has 1 saturated carbocycles. The lowest BCUT2D eigenvalue weighted by molar-refractivity contribution is -0.121. The number of thioether (sulfide) groups is 1. The van der Waals surface area contributed by atoms with E-state index in [1.165, 1.54) is 10.4 Å². The minimum Gasteiger partial charge on any atom is -0.370 e. The molecule has 0 radical (unpaired) electrons. The maximum Gasteiger partial charge on any atom is 0.241 e. The maximum atomic E-state index is 12.1. The summed E-state index contributed by atoms with van der Waals surface area (Å²) in [5.41, 5.74) is 6.97. The summed E-state index contributed by atoms with van der Waals surface area (Å²) in [7, 11) is 0. The van der Waals surface area contributed by atoms with Crippen molar-refractivity contribution in [2.75, 3.05) is 11.2 Å². The van der Waals surface area contributed by atoms with Gasteiger partial charge in [0.05, 0.1) is 17.6 Å². The summed E-state index contributed by atoms with van der Waals surface area (Å²) in [5.74, 6) is 1.88. The van der Waals surface area contributed by atoms with Crippen LogP contribution in [0.3, 0.4) is 0 Å². The summed E-state index contributed by atoms with van der Waals surface area (Å²) in [4.78, 5) is 23.7. The van der Waals surface area contributed by atoms with E-state index in [0.29, 0.717) is 12.4 Å². The second kappa shape index (κ2) is 6.98. The van der Waals surface area contributed by atoms with Crippen LogP contribution in [-0.4, -0.2) is 27.2 Å². The molecule has 2 aliphatic rings. The van der Waals surface area contributed by atoms with E-state index in [-0.39, 0.29) is 17.4 Å². The smallest absolute Gasteiger partial charge is 0.241 e. The van der Waals surface area contributed by atoms with Crippen molar-refractivity contribution in [2.45, 2.75) is 63.8 Å². The van der Waals surface area contributed by atoms with Gasteiger partial charge >= 0.3 is 0 Å². The molecule has 3 heterocycles. The third kappa shape index (κ3) is 3.68. The fraction of sp³-hybridized carbons (Fsp3) is 0.611. The van der Waals surface area contributed by atoms with Crippen LogP contribution in [0.4, 0.5) is 5.82 Å². The fourth-order valence-corrected chi connectivity index (χ4v) is 4.90.